The summed E-state index contributed by atoms with van der Waals surface area (Å²) in [5.41, 5.74) is 5.29. The van der Waals surface area contributed by atoms with E-state index in [1.807, 2.05) is 38.4 Å². The van der Waals surface area contributed by atoms with E-state index in [-0.39, 0.29) is 11.8 Å². The molecule has 0 aromatic heterocycles. The highest BCUT2D eigenvalue weighted by Gasteiger charge is 2.24. The van der Waals surface area contributed by atoms with Crippen molar-refractivity contribution in [2.75, 3.05) is 23.9 Å². The average molecular weight is 396 g/mol. The highest BCUT2D eigenvalue weighted by atomic mass is 16.2. The smallest absolute Gasteiger partial charge is 0.258 e. The van der Waals surface area contributed by atoms with Gasteiger partial charge in [-0.1, -0.05) is 24.3 Å². The Bertz CT molecular complexity index is 1110. The third kappa shape index (κ3) is 4.03. The molecule has 30 heavy (non-hydrogen) atoms. The van der Waals surface area contributed by atoms with E-state index < -0.39 is 0 Å². The first kappa shape index (κ1) is 19.3. The minimum absolute atomic E-state index is 0.342. The molecule has 0 unspecified atom stereocenters. The molecule has 1 aliphatic rings. The van der Waals surface area contributed by atoms with Crippen molar-refractivity contribution >= 4 is 34.6 Å². The zero-order chi connectivity index (χ0) is 21.1. The van der Waals surface area contributed by atoms with E-state index >= 15 is 0 Å². The lowest BCUT2D eigenvalue weighted by atomic mass is 10.1. The fraction of sp³-hybridized carbons (Fsp3) is 0.0833. The molecule has 0 bridgehead atoms. The van der Waals surface area contributed by atoms with Crippen LogP contribution in [0.5, 0.6) is 0 Å². The van der Waals surface area contributed by atoms with Crippen molar-refractivity contribution < 1.29 is 9.59 Å². The molecule has 0 radical (unpaired) electrons. The summed E-state index contributed by atoms with van der Waals surface area (Å²) in [4.78, 5) is 26.6. The SMILES string of the molecule is CN(C)c1ccc(-c2ccc(/N=N/c3ccc(N4C(=O)C=CC4=O)cc3)cc2)cc1. The lowest BCUT2D eigenvalue weighted by Crippen LogP contribution is -2.29. The first-order valence-corrected chi connectivity index (χ1v) is 9.47. The summed E-state index contributed by atoms with van der Waals surface area (Å²) in [7, 11) is 4.04. The third-order valence-electron chi connectivity index (χ3n) is 4.78. The Morgan fingerprint density at radius 1 is 0.633 bits per heavy atom. The van der Waals surface area contributed by atoms with Crippen molar-refractivity contribution in [3.8, 4) is 11.1 Å². The highest BCUT2D eigenvalue weighted by Crippen LogP contribution is 2.27. The second-order valence-corrected chi connectivity index (χ2v) is 7.05. The average Bonchev–Trinajstić information content (AvgIpc) is 3.11. The second kappa shape index (κ2) is 8.13. The minimum atomic E-state index is -0.342. The van der Waals surface area contributed by atoms with Gasteiger partial charge in [0, 0.05) is 31.9 Å². The molecule has 1 aliphatic heterocycles. The molecule has 148 valence electrons. The van der Waals surface area contributed by atoms with Crippen molar-refractivity contribution in [3.63, 3.8) is 0 Å². The van der Waals surface area contributed by atoms with Gasteiger partial charge in [-0.3, -0.25) is 9.59 Å². The number of amides is 2. The van der Waals surface area contributed by atoms with Gasteiger partial charge in [-0.2, -0.15) is 10.2 Å². The highest BCUT2D eigenvalue weighted by molar-refractivity contribution is 6.28. The quantitative estimate of drug-likeness (QED) is 0.436. The monoisotopic (exact) mass is 396 g/mol. The fourth-order valence-corrected chi connectivity index (χ4v) is 3.11. The molecule has 0 aliphatic carbocycles. The number of rotatable bonds is 5. The molecule has 0 saturated carbocycles. The molecule has 0 atom stereocenters. The van der Waals surface area contributed by atoms with Crippen LogP contribution >= 0.6 is 0 Å². The van der Waals surface area contributed by atoms with Crippen LogP contribution in [0.4, 0.5) is 22.7 Å². The zero-order valence-electron chi connectivity index (χ0n) is 16.7. The summed E-state index contributed by atoms with van der Waals surface area (Å²) in [5, 5.41) is 8.50. The third-order valence-corrected chi connectivity index (χ3v) is 4.78. The summed E-state index contributed by atoms with van der Waals surface area (Å²) in [5.74, 6) is -0.684. The van der Waals surface area contributed by atoms with Crippen LogP contribution in [-0.2, 0) is 9.59 Å². The van der Waals surface area contributed by atoms with Gasteiger partial charge in [0.1, 0.15) is 0 Å². The number of azo groups is 1. The summed E-state index contributed by atoms with van der Waals surface area (Å²) in [6.07, 6.45) is 2.52. The number of carbonyl (C=O) groups excluding carboxylic acids is 2. The largest absolute Gasteiger partial charge is 0.378 e. The second-order valence-electron chi connectivity index (χ2n) is 7.05. The molecule has 0 spiro atoms. The van der Waals surface area contributed by atoms with E-state index in [0.717, 1.165) is 27.4 Å². The van der Waals surface area contributed by atoms with Crippen LogP contribution in [0.1, 0.15) is 0 Å². The Morgan fingerprint density at radius 3 is 1.53 bits per heavy atom. The molecule has 1 heterocycles. The van der Waals surface area contributed by atoms with E-state index in [2.05, 4.69) is 39.4 Å². The number of hydrogen-bond donors (Lipinski definition) is 0. The number of anilines is 2. The Balaban J connectivity index is 1.44. The molecule has 6 heteroatoms. The van der Waals surface area contributed by atoms with Crippen molar-refractivity contribution in [1.29, 1.82) is 0 Å². The number of carbonyl (C=O) groups is 2. The van der Waals surface area contributed by atoms with Gasteiger partial charge in [-0.15, -0.1) is 0 Å². The molecule has 0 N–H and O–H groups in total. The van der Waals surface area contributed by atoms with E-state index in [9.17, 15) is 9.59 Å². The zero-order valence-corrected chi connectivity index (χ0v) is 16.7. The molecule has 4 rings (SSSR count). The van der Waals surface area contributed by atoms with Crippen LogP contribution in [0.15, 0.2) is 95.2 Å². The molecule has 3 aromatic carbocycles. The van der Waals surface area contributed by atoms with Crippen molar-refractivity contribution in [3.05, 3.63) is 84.9 Å². The Kier molecular flexibility index (Phi) is 5.22. The van der Waals surface area contributed by atoms with Gasteiger partial charge >= 0.3 is 0 Å². The molecule has 3 aromatic rings. The number of imide groups is 1. The normalized spacial score (nSPS) is 13.5. The van der Waals surface area contributed by atoms with Crippen LogP contribution in [0.25, 0.3) is 11.1 Å². The van der Waals surface area contributed by atoms with Gasteiger partial charge in [0.15, 0.2) is 0 Å². The maximum atomic E-state index is 11.7. The molecule has 6 nitrogen and oxygen atoms in total. The first-order chi connectivity index (χ1) is 14.5. The molecule has 2 amide bonds. The summed E-state index contributed by atoms with van der Waals surface area (Å²) in [6.45, 7) is 0. The van der Waals surface area contributed by atoms with Crippen LogP contribution in [0, 0.1) is 0 Å². The molecule has 0 saturated heterocycles. The standard InChI is InChI=1S/C24H20N4O2/c1-27(2)21-11-5-18(6-12-21)17-3-7-19(8-4-17)25-26-20-9-13-22(14-10-20)28-23(29)15-16-24(28)30/h3-16H,1-2H3/b26-25+. The van der Waals surface area contributed by atoms with Gasteiger partial charge < -0.3 is 4.90 Å². The lowest BCUT2D eigenvalue weighted by Gasteiger charge is -2.13. The lowest BCUT2D eigenvalue weighted by molar-refractivity contribution is -0.119. The van der Waals surface area contributed by atoms with Crippen LogP contribution in [0.3, 0.4) is 0 Å². The van der Waals surface area contributed by atoms with E-state index in [1.54, 1.807) is 24.3 Å². The summed E-state index contributed by atoms with van der Waals surface area (Å²) >= 11 is 0. The number of benzene rings is 3. The van der Waals surface area contributed by atoms with Gasteiger partial charge in [0.2, 0.25) is 0 Å². The van der Waals surface area contributed by atoms with Crippen LogP contribution in [0.2, 0.25) is 0 Å². The van der Waals surface area contributed by atoms with E-state index in [0.29, 0.717) is 11.4 Å². The summed E-state index contributed by atoms with van der Waals surface area (Å²) < 4.78 is 0. The van der Waals surface area contributed by atoms with Gasteiger partial charge in [0.05, 0.1) is 17.1 Å². The maximum absolute atomic E-state index is 11.7. The predicted octanol–water partition coefficient (Wildman–Crippen LogP) is 5.26. The van der Waals surface area contributed by atoms with Gasteiger partial charge in [-0.05, 0) is 59.7 Å². The Hall–Kier alpha value is -4.06. The minimum Gasteiger partial charge on any atom is -0.378 e. The van der Waals surface area contributed by atoms with Crippen molar-refractivity contribution in [1.82, 2.24) is 0 Å². The predicted molar refractivity (Wildman–Crippen MR) is 118 cm³/mol. The van der Waals surface area contributed by atoms with Gasteiger partial charge in [-0.25, -0.2) is 4.90 Å². The Labute approximate surface area is 174 Å². The molecular formula is C24H20N4O2. The van der Waals surface area contributed by atoms with E-state index in [4.69, 9.17) is 0 Å². The molecular weight excluding hydrogens is 376 g/mol. The fourth-order valence-electron chi connectivity index (χ4n) is 3.11. The van der Waals surface area contributed by atoms with Crippen LogP contribution in [-0.4, -0.2) is 25.9 Å². The Morgan fingerprint density at radius 2 is 1.07 bits per heavy atom. The molecule has 0 fully saturated rings. The number of hydrogen-bond acceptors (Lipinski definition) is 5. The number of nitrogens with zero attached hydrogens (tertiary/aromatic N) is 4. The first-order valence-electron chi connectivity index (χ1n) is 9.47. The van der Waals surface area contributed by atoms with Gasteiger partial charge in [0.25, 0.3) is 11.8 Å². The van der Waals surface area contributed by atoms with Crippen LogP contribution < -0.4 is 9.80 Å². The van der Waals surface area contributed by atoms with Crippen molar-refractivity contribution in [2.45, 2.75) is 0 Å². The van der Waals surface area contributed by atoms with E-state index in [1.165, 1.54) is 12.2 Å². The maximum Gasteiger partial charge on any atom is 0.258 e. The summed E-state index contributed by atoms with van der Waals surface area (Å²) in [6, 6.07) is 23.0. The van der Waals surface area contributed by atoms with Crippen molar-refractivity contribution in [2.24, 2.45) is 10.2 Å². The topological polar surface area (TPSA) is 65.3 Å².